The highest BCUT2D eigenvalue weighted by molar-refractivity contribution is 6.08. The fourth-order valence-electron chi connectivity index (χ4n) is 3.37. The maximum atomic E-state index is 12.9. The Morgan fingerprint density at radius 3 is 2.60 bits per heavy atom. The van der Waals surface area contributed by atoms with E-state index in [9.17, 15) is 19.5 Å². The number of rotatable bonds is 4. The molecule has 0 fully saturated rings. The summed E-state index contributed by atoms with van der Waals surface area (Å²) in [4.78, 5) is 41.3. The van der Waals surface area contributed by atoms with Crippen molar-refractivity contribution in [2.45, 2.75) is 26.8 Å². The van der Waals surface area contributed by atoms with Gasteiger partial charge in [0.05, 0.1) is 10.9 Å². The van der Waals surface area contributed by atoms with Gasteiger partial charge in [0.2, 0.25) is 5.91 Å². The van der Waals surface area contributed by atoms with Gasteiger partial charge < -0.3 is 10.4 Å². The van der Waals surface area contributed by atoms with Gasteiger partial charge in [-0.15, -0.1) is 0 Å². The van der Waals surface area contributed by atoms with E-state index < -0.39 is 17.3 Å². The molecule has 0 unspecified atom stereocenters. The van der Waals surface area contributed by atoms with E-state index in [1.165, 1.54) is 13.8 Å². The minimum Gasteiger partial charge on any atom is -0.480 e. The van der Waals surface area contributed by atoms with Gasteiger partial charge in [-0.1, -0.05) is 30.3 Å². The molecule has 1 aliphatic heterocycles. The molecule has 1 aromatic heterocycles. The first-order valence-corrected chi connectivity index (χ1v) is 9.63. The number of carbonyl (C=O) groups is 2. The average molecular weight is 403 g/mol. The molecule has 1 aliphatic rings. The van der Waals surface area contributed by atoms with E-state index >= 15 is 0 Å². The number of aliphatic carboxylic acids is 1. The molecule has 3 aromatic rings. The normalized spacial score (nSPS) is 14.7. The largest absolute Gasteiger partial charge is 0.480 e. The Hall–Kier alpha value is -3.74. The molecule has 2 heterocycles. The molecule has 1 amide bonds. The Morgan fingerprint density at radius 1 is 1.17 bits per heavy atom. The molecule has 0 bridgehead atoms. The number of hydrogen-bond donors (Lipinski definition) is 2. The van der Waals surface area contributed by atoms with Crippen LogP contribution in [0.25, 0.3) is 22.6 Å². The zero-order valence-corrected chi connectivity index (χ0v) is 16.7. The standard InChI is InChI=1S/C23H21N3O4/c1-23(2,22(29)30)21(28)24-16-8-9-17-18(13-16)25-19-15(10-11-26(19)20(17)27)12-14-6-4-3-5-7-14/h3-9,12-13H,10-11H2,1-2H3,(H,24,28)(H,29,30). The van der Waals surface area contributed by atoms with Gasteiger partial charge >= 0.3 is 5.97 Å². The van der Waals surface area contributed by atoms with Crippen LogP contribution in [0.5, 0.6) is 0 Å². The van der Waals surface area contributed by atoms with Crippen molar-refractivity contribution in [1.29, 1.82) is 0 Å². The van der Waals surface area contributed by atoms with Crippen LogP contribution in [0.2, 0.25) is 0 Å². The molecule has 0 atom stereocenters. The predicted octanol–water partition coefficient (Wildman–Crippen LogP) is 3.39. The van der Waals surface area contributed by atoms with Crippen molar-refractivity contribution in [3.05, 3.63) is 70.3 Å². The highest BCUT2D eigenvalue weighted by Crippen LogP contribution is 2.28. The van der Waals surface area contributed by atoms with Crippen molar-refractivity contribution in [2.75, 3.05) is 5.32 Å². The van der Waals surface area contributed by atoms with E-state index in [1.807, 2.05) is 36.4 Å². The molecule has 0 spiro atoms. The number of hydrogen-bond acceptors (Lipinski definition) is 4. The lowest BCUT2D eigenvalue weighted by Crippen LogP contribution is -2.37. The van der Waals surface area contributed by atoms with E-state index in [0.29, 0.717) is 35.4 Å². The van der Waals surface area contributed by atoms with Crippen LogP contribution >= 0.6 is 0 Å². The molecule has 2 N–H and O–H groups in total. The number of carboxylic acids is 1. The van der Waals surface area contributed by atoms with Crippen molar-refractivity contribution in [2.24, 2.45) is 5.41 Å². The second-order valence-electron chi connectivity index (χ2n) is 7.84. The summed E-state index contributed by atoms with van der Waals surface area (Å²) in [6.07, 6.45) is 2.74. The molecule has 0 aliphatic carbocycles. The number of nitrogens with zero attached hydrogens (tertiary/aromatic N) is 2. The third-order valence-electron chi connectivity index (χ3n) is 5.35. The van der Waals surface area contributed by atoms with Crippen LogP contribution < -0.4 is 10.9 Å². The second kappa shape index (κ2) is 7.26. The SMILES string of the molecule is CC(C)(C(=O)O)C(=O)Nc1ccc2c(=O)n3c(nc2c1)C(=Cc1ccccc1)CC3. The second-order valence-corrected chi connectivity index (χ2v) is 7.84. The molecule has 0 saturated heterocycles. The fourth-order valence-corrected chi connectivity index (χ4v) is 3.37. The summed E-state index contributed by atoms with van der Waals surface area (Å²) < 4.78 is 1.67. The van der Waals surface area contributed by atoms with Crippen LogP contribution in [0.1, 0.15) is 31.7 Å². The maximum Gasteiger partial charge on any atom is 0.318 e. The Bertz CT molecular complexity index is 1260. The molecule has 152 valence electrons. The summed E-state index contributed by atoms with van der Waals surface area (Å²) in [5.74, 6) is -1.24. The summed E-state index contributed by atoms with van der Waals surface area (Å²) in [5.41, 5.74) is 1.15. The van der Waals surface area contributed by atoms with Gasteiger partial charge in [-0.25, -0.2) is 4.98 Å². The summed E-state index contributed by atoms with van der Waals surface area (Å²) in [6.45, 7) is 3.24. The van der Waals surface area contributed by atoms with Gasteiger partial charge in [-0.05, 0) is 55.7 Å². The van der Waals surface area contributed by atoms with Crippen LogP contribution in [-0.4, -0.2) is 26.5 Å². The lowest BCUT2D eigenvalue weighted by Gasteiger charge is -2.18. The maximum absolute atomic E-state index is 12.9. The Morgan fingerprint density at radius 2 is 1.90 bits per heavy atom. The summed E-state index contributed by atoms with van der Waals surface area (Å²) in [7, 11) is 0. The monoisotopic (exact) mass is 403 g/mol. The lowest BCUT2D eigenvalue weighted by molar-refractivity contribution is -0.151. The number of amides is 1. The van der Waals surface area contributed by atoms with Gasteiger partial charge in [0.25, 0.3) is 5.56 Å². The smallest absolute Gasteiger partial charge is 0.318 e. The molecule has 0 radical (unpaired) electrons. The quantitative estimate of drug-likeness (QED) is 0.650. The first-order valence-electron chi connectivity index (χ1n) is 9.63. The molecule has 7 nitrogen and oxygen atoms in total. The summed E-state index contributed by atoms with van der Waals surface area (Å²) in [6, 6.07) is 14.6. The van der Waals surface area contributed by atoms with Gasteiger partial charge in [0.15, 0.2) is 0 Å². The predicted molar refractivity (Wildman–Crippen MR) is 115 cm³/mol. The number of carboxylic acid groups (broad SMARTS) is 1. The Kier molecular flexibility index (Phi) is 4.73. The Balaban J connectivity index is 1.74. The van der Waals surface area contributed by atoms with E-state index in [0.717, 1.165) is 11.1 Å². The van der Waals surface area contributed by atoms with Gasteiger partial charge in [0.1, 0.15) is 11.2 Å². The van der Waals surface area contributed by atoms with Gasteiger partial charge in [-0.2, -0.15) is 0 Å². The zero-order chi connectivity index (χ0) is 21.5. The lowest BCUT2D eigenvalue weighted by atomic mass is 9.92. The van der Waals surface area contributed by atoms with Crippen LogP contribution in [0.4, 0.5) is 5.69 Å². The number of nitrogens with one attached hydrogen (secondary N) is 1. The van der Waals surface area contributed by atoms with E-state index in [2.05, 4.69) is 10.3 Å². The van der Waals surface area contributed by atoms with Gasteiger partial charge in [-0.3, -0.25) is 19.0 Å². The van der Waals surface area contributed by atoms with Crippen LogP contribution in [0, 0.1) is 5.41 Å². The van der Waals surface area contributed by atoms with Crippen LogP contribution in [0.3, 0.4) is 0 Å². The number of allylic oxidation sites excluding steroid dienone is 1. The highest BCUT2D eigenvalue weighted by atomic mass is 16.4. The first kappa shape index (κ1) is 19.6. The number of fused-ring (bicyclic) bond motifs is 2. The summed E-state index contributed by atoms with van der Waals surface area (Å²) >= 11 is 0. The van der Waals surface area contributed by atoms with E-state index in [1.54, 1.807) is 22.8 Å². The topological polar surface area (TPSA) is 101 Å². The first-order chi connectivity index (χ1) is 14.3. The number of benzene rings is 2. The minimum atomic E-state index is -1.58. The van der Waals surface area contributed by atoms with E-state index in [4.69, 9.17) is 0 Å². The number of carbonyl (C=O) groups excluding carboxylic acids is 1. The van der Waals surface area contributed by atoms with Crippen molar-refractivity contribution in [3.63, 3.8) is 0 Å². The third kappa shape index (κ3) is 3.39. The van der Waals surface area contributed by atoms with E-state index in [-0.39, 0.29) is 5.56 Å². The van der Waals surface area contributed by atoms with Crippen LogP contribution in [-0.2, 0) is 16.1 Å². The summed E-state index contributed by atoms with van der Waals surface area (Å²) in [5, 5.41) is 12.3. The molecule has 7 heteroatoms. The molecular formula is C23H21N3O4. The molecule has 30 heavy (non-hydrogen) atoms. The highest BCUT2D eigenvalue weighted by Gasteiger charge is 2.36. The van der Waals surface area contributed by atoms with Crippen molar-refractivity contribution >= 4 is 40.1 Å². The Labute approximate surface area is 172 Å². The molecule has 0 saturated carbocycles. The zero-order valence-electron chi connectivity index (χ0n) is 16.7. The fraction of sp³-hybridized carbons (Fsp3) is 0.217. The number of anilines is 1. The minimum absolute atomic E-state index is 0.129. The molecule has 2 aromatic carbocycles. The average Bonchev–Trinajstić information content (AvgIpc) is 3.11. The molecule has 4 rings (SSSR count). The molecular weight excluding hydrogens is 382 g/mol. The number of aromatic nitrogens is 2. The van der Waals surface area contributed by atoms with Crippen LogP contribution in [0.15, 0.2) is 53.3 Å². The van der Waals surface area contributed by atoms with Crippen molar-refractivity contribution in [3.8, 4) is 0 Å². The van der Waals surface area contributed by atoms with Gasteiger partial charge in [0, 0.05) is 12.2 Å². The van der Waals surface area contributed by atoms with Crippen molar-refractivity contribution in [1.82, 2.24) is 9.55 Å². The van der Waals surface area contributed by atoms with Crippen molar-refractivity contribution < 1.29 is 14.7 Å². The third-order valence-corrected chi connectivity index (χ3v) is 5.35.